The molecular weight excluding hydrogens is 488 g/mol. The summed E-state index contributed by atoms with van der Waals surface area (Å²) in [6.07, 6.45) is 9.44. The molecule has 0 aliphatic carbocycles. The number of allylic oxidation sites excluding steroid dienone is 1. The van der Waals surface area contributed by atoms with Crippen LogP contribution in [0.5, 0.6) is 0 Å². The number of rotatable bonds is 3. The summed E-state index contributed by atoms with van der Waals surface area (Å²) in [7, 11) is 0. The molecule has 7 nitrogen and oxygen atoms in total. The SMILES string of the molecule is C[C@H](CO)N1C(=O)[C@@H]2[C@H]3C(=O)OCCC/C=C\[C@@]3(C)S[C@@]23C=CCN(c2ccc(Cl)cc2)C(=O)C13. The number of benzene rings is 1. The lowest BCUT2D eigenvalue weighted by Gasteiger charge is -2.38. The number of anilines is 1. The van der Waals surface area contributed by atoms with Crippen molar-refractivity contribution in [2.45, 2.75) is 48.3 Å². The molecule has 4 aliphatic heterocycles. The molecule has 2 amide bonds. The molecule has 0 aromatic heterocycles. The first-order valence-electron chi connectivity index (χ1n) is 12.0. The lowest BCUT2D eigenvalue weighted by molar-refractivity contribution is -0.154. The lowest BCUT2D eigenvalue weighted by Crippen LogP contribution is -2.56. The van der Waals surface area contributed by atoms with E-state index in [1.54, 1.807) is 36.1 Å². The van der Waals surface area contributed by atoms with E-state index in [9.17, 15) is 19.5 Å². The average Bonchev–Trinajstić information content (AvgIpc) is 3.19. The molecule has 35 heavy (non-hydrogen) atoms. The highest BCUT2D eigenvalue weighted by Crippen LogP contribution is 2.65. The van der Waals surface area contributed by atoms with Crippen LogP contribution in [-0.2, 0) is 19.1 Å². The number of cyclic esters (lactones) is 1. The minimum Gasteiger partial charge on any atom is -0.465 e. The van der Waals surface area contributed by atoms with Crippen LogP contribution in [0.1, 0.15) is 26.7 Å². The quantitative estimate of drug-likeness (QED) is 0.490. The van der Waals surface area contributed by atoms with E-state index in [1.165, 1.54) is 16.7 Å². The number of ether oxygens (including phenoxy) is 1. The summed E-state index contributed by atoms with van der Waals surface area (Å²) in [4.78, 5) is 44.8. The van der Waals surface area contributed by atoms with Crippen molar-refractivity contribution in [3.63, 3.8) is 0 Å². The van der Waals surface area contributed by atoms with Crippen molar-refractivity contribution in [1.29, 1.82) is 0 Å². The Labute approximate surface area is 214 Å². The Balaban J connectivity index is 1.66. The number of hydrogen-bond donors (Lipinski definition) is 1. The molecule has 0 radical (unpaired) electrons. The minimum atomic E-state index is -0.971. The number of fused-ring (bicyclic) bond motifs is 2. The van der Waals surface area contributed by atoms with Crippen molar-refractivity contribution in [1.82, 2.24) is 4.90 Å². The number of nitrogens with zero attached hydrogens (tertiary/aromatic N) is 2. The molecule has 4 heterocycles. The Morgan fingerprint density at radius 3 is 2.60 bits per heavy atom. The zero-order valence-corrected chi connectivity index (χ0v) is 21.3. The van der Waals surface area contributed by atoms with Crippen LogP contribution in [0.3, 0.4) is 0 Å². The summed E-state index contributed by atoms with van der Waals surface area (Å²) in [6.45, 7) is 4.02. The number of aliphatic hydroxyl groups is 1. The van der Waals surface area contributed by atoms with Gasteiger partial charge >= 0.3 is 5.97 Å². The normalized spacial score (nSPS) is 36.3. The van der Waals surface area contributed by atoms with Gasteiger partial charge in [-0.3, -0.25) is 14.4 Å². The van der Waals surface area contributed by atoms with Crippen LogP contribution in [0, 0.1) is 11.8 Å². The van der Waals surface area contributed by atoms with E-state index < -0.39 is 39.4 Å². The molecule has 6 atom stereocenters. The Kier molecular flexibility index (Phi) is 6.26. The van der Waals surface area contributed by atoms with Crippen molar-refractivity contribution in [2.24, 2.45) is 11.8 Å². The van der Waals surface area contributed by atoms with Gasteiger partial charge in [-0.25, -0.2) is 0 Å². The molecule has 0 saturated carbocycles. The van der Waals surface area contributed by atoms with E-state index in [0.717, 1.165) is 12.8 Å². The number of carbonyl (C=O) groups excluding carboxylic acids is 3. The highest BCUT2D eigenvalue weighted by molar-refractivity contribution is 8.02. The number of aliphatic hydroxyl groups excluding tert-OH is 1. The van der Waals surface area contributed by atoms with E-state index in [4.69, 9.17) is 16.3 Å². The van der Waals surface area contributed by atoms with Gasteiger partial charge in [0.1, 0.15) is 6.04 Å². The van der Waals surface area contributed by atoms with Crippen LogP contribution >= 0.6 is 23.4 Å². The van der Waals surface area contributed by atoms with E-state index in [1.807, 2.05) is 25.2 Å². The molecule has 1 aromatic rings. The standard InChI is InChI=1S/C26H29ClN2O5S/c1-16(15-30)29-21-23(32)28(18-9-7-17(27)8-10-18)13-6-12-26(21)19(22(29)31)20-24(33)34-14-5-3-4-11-25(20,2)35-26/h4,6-12,16,19-21,30H,3,5,13-15H2,1-2H3/b11-4-/t16-,19+,20+,21?,25-,26+/m1/s1. The predicted molar refractivity (Wildman–Crippen MR) is 135 cm³/mol. The minimum absolute atomic E-state index is 0.242. The van der Waals surface area contributed by atoms with Crippen molar-refractivity contribution in [3.8, 4) is 0 Å². The molecule has 2 fully saturated rings. The Morgan fingerprint density at radius 1 is 1.14 bits per heavy atom. The number of carbonyl (C=O) groups is 3. The van der Waals surface area contributed by atoms with Gasteiger partial charge in [0.2, 0.25) is 5.91 Å². The van der Waals surface area contributed by atoms with E-state index in [2.05, 4.69) is 6.08 Å². The fourth-order valence-corrected chi connectivity index (χ4v) is 8.25. The molecule has 2 saturated heterocycles. The smallest absolute Gasteiger partial charge is 0.311 e. The van der Waals surface area contributed by atoms with Gasteiger partial charge in [-0.15, -0.1) is 11.8 Å². The molecular formula is C26H29ClN2O5S. The first-order chi connectivity index (χ1) is 16.7. The molecule has 1 spiro atoms. The highest BCUT2D eigenvalue weighted by Gasteiger charge is 2.74. The number of esters is 1. The predicted octanol–water partition coefficient (Wildman–Crippen LogP) is 3.20. The lowest BCUT2D eigenvalue weighted by atomic mass is 9.74. The zero-order chi connectivity index (χ0) is 25.0. The van der Waals surface area contributed by atoms with Gasteiger partial charge in [0, 0.05) is 22.0 Å². The Hall–Kier alpha value is -2.29. The van der Waals surface area contributed by atoms with Crippen molar-refractivity contribution >= 4 is 46.8 Å². The summed E-state index contributed by atoms with van der Waals surface area (Å²) in [5.74, 6) is -2.46. The van der Waals surface area contributed by atoms with Gasteiger partial charge in [-0.05, 0) is 51.0 Å². The maximum absolute atomic E-state index is 14.2. The summed E-state index contributed by atoms with van der Waals surface area (Å²) in [5, 5.41) is 10.6. The summed E-state index contributed by atoms with van der Waals surface area (Å²) < 4.78 is 3.93. The second-order valence-electron chi connectivity index (χ2n) is 9.81. The number of halogens is 1. The van der Waals surface area contributed by atoms with Gasteiger partial charge in [-0.1, -0.05) is 35.9 Å². The van der Waals surface area contributed by atoms with Crippen molar-refractivity contribution < 1.29 is 24.2 Å². The second kappa shape index (κ2) is 8.98. The van der Waals surface area contributed by atoms with Crippen LogP contribution in [-0.4, -0.2) is 69.1 Å². The average molecular weight is 517 g/mol. The topological polar surface area (TPSA) is 87.2 Å². The fraction of sp³-hybridized carbons (Fsp3) is 0.500. The van der Waals surface area contributed by atoms with E-state index in [0.29, 0.717) is 23.9 Å². The number of thioether (sulfide) groups is 1. The number of amides is 2. The monoisotopic (exact) mass is 516 g/mol. The molecule has 9 heteroatoms. The van der Waals surface area contributed by atoms with Crippen molar-refractivity contribution in [3.05, 3.63) is 53.6 Å². The molecule has 1 unspecified atom stereocenters. The third-order valence-electron chi connectivity index (χ3n) is 7.57. The van der Waals surface area contributed by atoms with Crippen LogP contribution in [0.4, 0.5) is 5.69 Å². The van der Waals surface area contributed by atoms with Gasteiger partial charge < -0.3 is 19.6 Å². The van der Waals surface area contributed by atoms with E-state index >= 15 is 0 Å². The van der Waals surface area contributed by atoms with E-state index in [-0.39, 0.29) is 18.4 Å². The molecule has 5 rings (SSSR count). The zero-order valence-electron chi connectivity index (χ0n) is 19.7. The Morgan fingerprint density at radius 2 is 1.89 bits per heavy atom. The molecule has 0 bridgehead atoms. The maximum atomic E-state index is 14.2. The molecule has 1 aromatic carbocycles. The molecule has 4 aliphatic rings. The van der Waals surface area contributed by atoms with Gasteiger partial charge in [-0.2, -0.15) is 0 Å². The second-order valence-corrected chi connectivity index (χ2v) is 12.0. The van der Waals surface area contributed by atoms with Crippen LogP contribution < -0.4 is 4.90 Å². The third kappa shape index (κ3) is 3.72. The maximum Gasteiger partial charge on any atom is 0.311 e. The first-order valence-corrected chi connectivity index (χ1v) is 13.1. The summed E-state index contributed by atoms with van der Waals surface area (Å²) in [5.41, 5.74) is 0.671. The molecule has 1 N–H and O–H groups in total. The number of likely N-dealkylation sites (tertiary alicyclic amines) is 1. The Bertz CT molecular complexity index is 1110. The fourth-order valence-electron chi connectivity index (χ4n) is 5.99. The molecule has 186 valence electrons. The van der Waals surface area contributed by atoms with Crippen LogP contribution in [0.2, 0.25) is 5.02 Å². The first kappa shape index (κ1) is 24.4. The van der Waals surface area contributed by atoms with Crippen LogP contribution in [0.15, 0.2) is 48.6 Å². The van der Waals surface area contributed by atoms with Gasteiger partial charge in [0.25, 0.3) is 5.91 Å². The van der Waals surface area contributed by atoms with Gasteiger partial charge in [0.05, 0.1) is 35.8 Å². The third-order valence-corrected chi connectivity index (χ3v) is 9.61. The van der Waals surface area contributed by atoms with Crippen LogP contribution in [0.25, 0.3) is 0 Å². The van der Waals surface area contributed by atoms with Crippen molar-refractivity contribution in [2.75, 3.05) is 24.7 Å². The largest absolute Gasteiger partial charge is 0.465 e. The highest BCUT2D eigenvalue weighted by atomic mass is 35.5. The summed E-state index contributed by atoms with van der Waals surface area (Å²) >= 11 is 7.57. The number of hydrogen-bond acceptors (Lipinski definition) is 6. The van der Waals surface area contributed by atoms with Gasteiger partial charge in [0.15, 0.2) is 0 Å². The summed E-state index contributed by atoms with van der Waals surface area (Å²) in [6, 6.07) is 5.54.